The molecule has 0 fully saturated rings. The van der Waals surface area contributed by atoms with Crippen LogP contribution in [0.4, 0.5) is 0 Å². The van der Waals surface area contributed by atoms with Gasteiger partial charge in [-0.3, -0.25) is 0 Å². The number of hydrogen-bond acceptors (Lipinski definition) is 2. The zero-order chi connectivity index (χ0) is 6.41. The number of methoxy groups -OCH3 is 1. The van der Waals surface area contributed by atoms with Crippen molar-refractivity contribution in [3.05, 3.63) is 0 Å². The fraction of sp³-hybridized carbons (Fsp3) is 0.667. The first-order valence-corrected chi connectivity index (χ1v) is 2.40. The Hall–Kier alpha value is -0.520. The maximum Gasteiger partial charge on any atom is 0.137 e. The molecule has 0 aliphatic carbocycles. The molecule has 1 N–H and O–H groups in total. The van der Waals surface area contributed by atoms with Crippen molar-refractivity contribution < 1.29 is 9.84 Å². The summed E-state index contributed by atoms with van der Waals surface area (Å²) in [5, 5.41) is 8.75. The third-order valence-corrected chi connectivity index (χ3v) is 0.635. The molecule has 0 aromatic carbocycles. The minimum atomic E-state index is -0.620. The molecule has 2 heteroatoms. The maximum atomic E-state index is 8.75. The fourth-order valence-corrected chi connectivity index (χ4v) is 0.366. The molecule has 1 unspecified atom stereocenters. The smallest absolute Gasteiger partial charge is 0.137 e. The topological polar surface area (TPSA) is 29.5 Å². The predicted octanol–water partition coefficient (Wildman–Crippen LogP) is 0.0170. The quantitative estimate of drug-likeness (QED) is 0.513. The second-order valence-electron chi connectivity index (χ2n) is 1.37. The average molecular weight is 114 g/mol. The predicted molar refractivity (Wildman–Crippen MR) is 31.3 cm³/mol. The summed E-state index contributed by atoms with van der Waals surface area (Å²) in [5.41, 5.74) is 0. The van der Waals surface area contributed by atoms with Crippen molar-refractivity contribution in [3.63, 3.8) is 0 Å². The molecule has 0 aromatic heterocycles. The molecular weight excluding hydrogens is 104 g/mol. The summed E-state index contributed by atoms with van der Waals surface area (Å²) < 4.78 is 4.60. The summed E-state index contributed by atoms with van der Waals surface area (Å²) in [6, 6.07) is 0. The molecule has 8 heavy (non-hydrogen) atoms. The summed E-state index contributed by atoms with van der Waals surface area (Å²) in [4.78, 5) is 0. The highest BCUT2D eigenvalue weighted by Gasteiger charge is 1.92. The average Bonchev–Trinajstić information content (AvgIpc) is 1.68. The van der Waals surface area contributed by atoms with Crippen molar-refractivity contribution in [2.75, 3.05) is 13.7 Å². The summed E-state index contributed by atoms with van der Waals surface area (Å²) in [7, 11) is 1.53. The SMILES string of the molecule is CC#CC(O)COC. The van der Waals surface area contributed by atoms with Crippen LogP contribution in [-0.4, -0.2) is 24.9 Å². The van der Waals surface area contributed by atoms with Crippen LogP contribution in [0.3, 0.4) is 0 Å². The molecule has 0 saturated heterocycles. The summed E-state index contributed by atoms with van der Waals surface area (Å²) >= 11 is 0. The molecule has 0 heterocycles. The largest absolute Gasteiger partial charge is 0.381 e. The first-order valence-electron chi connectivity index (χ1n) is 2.40. The van der Waals surface area contributed by atoms with Gasteiger partial charge in [-0.2, -0.15) is 0 Å². The second kappa shape index (κ2) is 4.63. The van der Waals surface area contributed by atoms with Crippen LogP contribution >= 0.6 is 0 Å². The maximum absolute atomic E-state index is 8.75. The molecule has 0 radical (unpaired) electrons. The van der Waals surface area contributed by atoms with E-state index in [9.17, 15) is 0 Å². The zero-order valence-electron chi connectivity index (χ0n) is 5.14. The first-order chi connectivity index (χ1) is 3.81. The Labute approximate surface area is 49.5 Å². The lowest BCUT2D eigenvalue weighted by Gasteiger charge is -1.97. The third kappa shape index (κ3) is 3.66. The highest BCUT2D eigenvalue weighted by atomic mass is 16.5. The van der Waals surface area contributed by atoms with Crippen molar-refractivity contribution in [2.24, 2.45) is 0 Å². The van der Waals surface area contributed by atoms with Crippen LogP contribution in [-0.2, 0) is 4.74 Å². The van der Waals surface area contributed by atoms with E-state index in [0.29, 0.717) is 6.61 Å². The lowest BCUT2D eigenvalue weighted by Crippen LogP contribution is -2.10. The Morgan fingerprint density at radius 3 is 2.75 bits per heavy atom. The Kier molecular flexibility index (Phi) is 4.33. The molecule has 0 saturated carbocycles. The number of rotatable bonds is 2. The molecule has 0 amide bonds. The second-order valence-corrected chi connectivity index (χ2v) is 1.37. The van der Waals surface area contributed by atoms with Crippen LogP contribution in [0.1, 0.15) is 6.92 Å². The minimum absolute atomic E-state index is 0.292. The highest BCUT2D eigenvalue weighted by Crippen LogP contribution is 1.78. The molecule has 0 spiro atoms. The van der Waals surface area contributed by atoms with Crippen LogP contribution in [0, 0.1) is 11.8 Å². The van der Waals surface area contributed by atoms with Gasteiger partial charge in [0.1, 0.15) is 6.10 Å². The van der Waals surface area contributed by atoms with Crippen LogP contribution in [0.2, 0.25) is 0 Å². The Morgan fingerprint density at radius 2 is 2.38 bits per heavy atom. The van der Waals surface area contributed by atoms with E-state index in [4.69, 9.17) is 5.11 Å². The zero-order valence-corrected chi connectivity index (χ0v) is 5.14. The normalized spacial score (nSPS) is 11.9. The van der Waals surface area contributed by atoms with Gasteiger partial charge >= 0.3 is 0 Å². The van der Waals surface area contributed by atoms with Gasteiger partial charge in [0.25, 0.3) is 0 Å². The van der Waals surface area contributed by atoms with Crippen LogP contribution in [0.5, 0.6) is 0 Å². The van der Waals surface area contributed by atoms with Crippen molar-refractivity contribution in [1.82, 2.24) is 0 Å². The van der Waals surface area contributed by atoms with Crippen molar-refractivity contribution in [1.29, 1.82) is 0 Å². The molecule has 2 nitrogen and oxygen atoms in total. The minimum Gasteiger partial charge on any atom is -0.381 e. The Balaban J connectivity index is 3.27. The molecule has 0 bridgehead atoms. The summed E-state index contributed by atoms with van der Waals surface area (Å²) in [6.07, 6.45) is -0.620. The van der Waals surface area contributed by atoms with Crippen LogP contribution in [0.25, 0.3) is 0 Å². The van der Waals surface area contributed by atoms with E-state index in [1.54, 1.807) is 6.92 Å². The molecule has 0 rings (SSSR count). The van der Waals surface area contributed by atoms with Crippen LogP contribution in [0.15, 0.2) is 0 Å². The van der Waals surface area contributed by atoms with Gasteiger partial charge in [-0.15, -0.1) is 5.92 Å². The standard InChI is InChI=1S/C6H10O2/c1-3-4-6(7)5-8-2/h6-7H,5H2,1-2H3. The molecule has 1 atom stereocenters. The summed E-state index contributed by atoms with van der Waals surface area (Å²) in [6.45, 7) is 1.97. The Morgan fingerprint density at radius 1 is 1.75 bits per heavy atom. The van der Waals surface area contributed by atoms with Gasteiger partial charge in [-0.1, -0.05) is 5.92 Å². The van der Waals surface area contributed by atoms with Gasteiger partial charge in [0.05, 0.1) is 6.61 Å². The lowest BCUT2D eigenvalue weighted by molar-refractivity contribution is 0.0987. The van der Waals surface area contributed by atoms with E-state index in [0.717, 1.165) is 0 Å². The molecule has 0 aromatic rings. The van der Waals surface area contributed by atoms with Gasteiger partial charge in [0.2, 0.25) is 0 Å². The molecule has 46 valence electrons. The van der Waals surface area contributed by atoms with E-state index >= 15 is 0 Å². The van der Waals surface area contributed by atoms with E-state index in [1.165, 1.54) is 7.11 Å². The van der Waals surface area contributed by atoms with Crippen molar-refractivity contribution in [2.45, 2.75) is 13.0 Å². The van der Waals surface area contributed by atoms with Crippen molar-refractivity contribution in [3.8, 4) is 11.8 Å². The Bertz CT molecular complexity index is 98.8. The number of hydrogen-bond donors (Lipinski definition) is 1. The number of ether oxygens (including phenoxy) is 1. The van der Waals surface area contributed by atoms with E-state index in [1.807, 2.05) is 0 Å². The van der Waals surface area contributed by atoms with Gasteiger partial charge < -0.3 is 9.84 Å². The van der Waals surface area contributed by atoms with Gasteiger partial charge in [0.15, 0.2) is 0 Å². The van der Waals surface area contributed by atoms with Crippen LogP contribution < -0.4 is 0 Å². The monoisotopic (exact) mass is 114 g/mol. The fourth-order valence-electron chi connectivity index (χ4n) is 0.366. The van der Waals surface area contributed by atoms with E-state index < -0.39 is 6.10 Å². The van der Waals surface area contributed by atoms with E-state index in [-0.39, 0.29) is 0 Å². The van der Waals surface area contributed by atoms with Gasteiger partial charge in [0, 0.05) is 7.11 Å². The van der Waals surface area contributed by atoms with Gasteiger partial charge in [-0.05, 0) is 6.92 Å². The number of aliphatic hydroxyl groups excluding tert-OH is 1. The highest BCUT2D eigenvalue weighted by molar-refractivity contribution is 5.01. The lowest BCUT2D eigenvalue weighted by atomic mass is 10.4. The molecular formula is C6H10O2. The first kappa shape index (κ1) is 7.48. The molecule has 0 aliphatic heterocycles. The summed E-state index contributed by atoms with van der Waals surface area (Å²) in [5.74, 6) is 5.10. The van der Waals surface area contributed by atoms with E-state index in [2.05, 4.69) is 16.6 Å². The third-order valence-electron chi connectivity index (χ3n) is 0.635. The van der Waals surface area contributed by atoms with Gasteiger partial charge in [-0.25, -0.2) is 0 Å². The number of aliphatic hydroxyl groups is 1. The van der Waals surface area contributed by atoms with Crippen molar-refractivity contribution >= 4 is 0 Å². The molecule has 0 aliphatic rings.